The molecule has 2 heteroatoms. The zero-order valence-corrected chi connectivity index (χ0v) is 15.1. The van der Waals surface area contributed by atoms with Crippen LogP contribution in [0.3, 0.4) is 0 Å². The van der Waals surface area contributed by atoms with Gasteiger partial charge in [-0.25, -0.2) is 0 Å². The van der Waals surface area contributed by atoms with Gasteiger partial charge in [0.25, 0.3) is 0 Å². The highest BCUT2D eigenvalue weighted by Gasteiger charge is 2.24. The summed E-state index contributed by atoms with van der Waals surface area (Å²) in [6, 6.07) is 7.56. The molecule has 0 saturated heterocycles. The number of carbonyl (C=O) groups excluding carboxylic acids is 2. The van der Waals surface area contributed by atoms with Crippen molar-refractivity contribution in [2.75, 3.05) is 0 Å². The van der Waals surface area contributed by atoms with Crippen molar-refractivity contribution in [2.45, 2.75) is 78.6 Å². The average Bonchev–Trinajstić information content (AvgIpc) is 2.53. The predicted molar refractivity (Wildman–Crippen MR) is 96.9 cm³/mol. The first kappa shape index (κ1) is 19.6. The molecule has 0 amide bonds. The summed E-state index contributed by atoms with van der Waals surface area (Å²) in [5.41, 5.74) is 1.66. The minimum atomic E-state index is -0.462. The number of hydrogen-bond donors (Lipinski definition) is 0. The Balaban J connectivity index is 2.40. The molecule has 2 nitrogen and oxygen atoms in total. The van der Waals surface area contributed by atoms with E-state index in [4.69, 9.17) is 0 Å². The molecule has 23 heavy (non-hydrogen) atoms. The van der Waals surface area contributed by atoms with Crippen molar-refractivity contribution < 1.29 is 9.59 Å². The molecule has 0 bridgehead atoms. The number of rotatable bonds is 12. The molecule has 1 unspecified atom stereocenters. The fourth-order valence-electron chi connectivity index (χ4n) is 3.04. The van der Waals surface area contributed by atoms with E-state index in [1.54, 1.807) is 6.92 Å². The van der Waals surface area contributed by atoms with E-state index in [1.165, 1.54) is 38.5 Å². The lowest BCUT2D eigenvalue weighted by Gasteiger charge is -2.14. The second-order valence-electron chi connectivity index (χ2n) is 6.61. The number of carbonyl (C=O) groups is 2. The molecule has 0 aliphatic heterocycles. The van der Waals surface area contributed by atoms with Crippen molar-refractivity contribution in [1.29, 1.82) is 0 Å². The van der Waals surface area contributed by atoms with Crippen molar-refractivity contribution in [1.82, 2.24) is 0 Å². The predicted octanol–water partition coefficient (Wildman–Crippen LogP) is 5.91. The smallest absolute Gasteiger partial charge is 0.173 e. The third kappa shape index (κ3) is 7.11. The first-order valence-electron chi connectivity index (χ1n) is 9.18. The molecule has 128 valence electrons. The van der Waals surface area contributed by atoms with Crippen molar-refractivity contribution in [3.05, 3.63) is 35.4 Å². The lowest BCUT2D eigenvalue weighted by molar-refractivity contribution is -0.119. The van der Waals surface area contributed by atoms with Gasteiger partial charge in [-0.1, -0.05) is 82.6 Å². The largest absolute Gasteiger partial charge is 0.299 e. The molecule has 0 spiro atoms. The standard InChI is InChI=1S/C21H32O2/c1-4-5-6-7-8-9-10-11-16-20(18(3)22)21(23)19-15-13-12-14-17(19)2/h12-15,20H,4-11,16H2,1-3H3. The van der Waals surface area contributed by atoms with Gasteiger partial charge >= 0.3 is 0 Å². The van der Waals surface area contributed by atoms with Crippen LogP contribution >= 0.6 is 0 Å². The summed E-state index contributed by atoms with van der Waals surface area (Å²) in [7, 11) is 0. The number of ketones is 2. The SMILES string of the molecule is CCCCCCCCCCC(C(C)=O)C(=O)c1ccccc1C. The molecule has 0 aromatic heterocycles. The molecule has 1 rings (SSSR count). The van der Waals surface area contributed by atoms with Crippen molar-refractivity contribution in [3.8, 4) is 0 Å². The van der Waals surface area contributed by atoms with Gasteiger partial charge in [0.2, 0.25) is 0 Å². The minimum Gasteiger partial charge on any atom is -0.299 e. The van der Waals surface area contributed by atoms with Crippen LogP contribution in [0, 0.1) is 12.8 Å². The zero-order valence-electron chi connectivity index (χ0n) is 15.1. The molecule has 1 aromatic rings. The number of unbranched alkanes of at least 4 members (excludes halogenated alkanes) is 7. The van der Waals surface area contributed by atoms with Gasteiger partial charge in [-0.05, 0) is 25.8 Å². The summed E-state index contributed by atoms with van der Waals surface area (Å²) in [4.78, 5) is 24.5. The maximum absolute atomic E-state index is 12.6. The van der Waals surface area contributed by atoms with Gasteiger partial charge in [-0.3, -0.25) is 9.59 Å². The Hall–Kier alpha value is -1.44. The Labute approximate surface area is 141 Å². The van der Waals surface area contributed by atoms with E-state index in [-0.39, 0.29) is 11.6 Å². The Bertz CT molecular complexity index is 490. The second kappa shape index (κ2) is 11.2. The molecular weight excluding hydrogens is 284 g/mol. The van der Waals surface area contributed by atoms with E-state index in [1.807, 2.05) is 31.2 Å². The van der Waals surface area contributed by atoms with Gasteiger partial charge in [0.15, 0.2) is 5.78 Å². The highest BCUT2D eigenvalue weighted by atomic mass is 16.1. The Morgan fingerprint density at radius 1 is 0.913 bits per heavy atom. The van der Waals surface area contributed by atoms with Crippen LogP contribution in [0.4, 0.5) is 0 Å². The summed E-state index contributed by atoms with van der Waals surface area (Å²) in [6.45, 7) is 5.71. The van der Waals surface area contributed by atoms with Gasteiger partial charge in [0.05, 0.1) is 5.92 Å². The average molecular weight is 316 g/mol. The lowest BCUT2D eigenvalue weighted by atomic mass is 9.87. The quantitative estimate of drug-likeness (QED) is 0.273. The fraction of sp³-hybridized carbons (Fsp3) is 0.619. The molecule has 0 aliphatic carbocycles. The van der Waals surface area contributed by atoms with Crippen LogP contribution in [-0.2, 0) is 4.79 Å². The van der Waals surface area contributed by atoms with Crippen LogP contribution in [0.25, 0.3) is 0 Å². The van der Waals surface area contributed by atoms with Crippen LogP contribution < -0.4 is 0 Å². The second-order valence-corrected chi connectivity index (χ2v) is 6.61. The summed E-state index contributed by atoms with van der Waals surface area (Å²) >= 11 is 0. The van der Waals surface area contributed by atoms with E-state index < -0.39 is 5.92 Å². The molecule has 0 saturated carbocycles. The first-order chi connectivity index (χ1) is 11.1. The molecule has 0 fully saturated rings. The van der Waals surface area contributed by atoms with E-state index in [0.29, 0.717) is 12.0 Å². The Kier molecular flexibility index (Phi) is 9.51. The first-order valence-corrected chi connectivity index (χ1v) is 9.18. The number of Topliss-reactive ketones (excluding diaryl/α,β-unsaturated/α-hetero) is 2. The number of hydrogen-bond acceptors (Lipinski definition) is 2. The van der Waals surface area contributed by atoms with E-state index in [2.05, 4.69) is 6.92 Å². The summed E-state index contributed by atoms with van der Waals surface area (Å²) < 4.78 is 0. The maximum Gasteiger partial charge on any atom is 0.173 e. The molecule has 0 radical (unpaired) electrons. The summed E-state index contributed by atoms with van der Waals surface area (Å²) in [6.07, 6.45) is 10.5. The van der Waals surface area contributed by atoms with Crippen molar-refractivity contribution >= 4 is 11.6 Å². The topological polar surface area (TPSA) is 34.1 Å². The van der Waals surface area contributed by atoms with Crippen LogP contribution in [0.15, 0.2) is 24.3 Å². The van der Waals surface area contributed by atoms with E-state index in [0.717, 1.165) is 18.4 Å². The van der Waals surface area contributed by atoms with Gasteiger partial charge in [0.1, 0.15) is 5.78 Å². The van der Waals surface area contributed by atoms with E-state index >= 15 is 0 Å². The van der Waals surface area contributed by atoms with Gasteiger partial charge in [0, 0.05) is 5.56 Å². The van der Waals surface area contributed by atoms with Crippen molar-refractivity contribution in [2.24, 2.45) is 5.92 Å². The van der Waals surface area contributed by atoms with Crippen LogP contribution in [0.5, 0.6) is 0 Å². The molecular formula is C21H32O2. The monoisotopic (exact) mass is 316 g/mol. The third-order valence-electron chi connectivity index (χ3n) is 4.56. The zero-order chi connectivity index (χ0) is 17.1. The molecule has 0 N–H and O–H groups in total. The van der Waals surface area contributed by atoms with Gasteiger partial charge < -0.3 is 0 Å². The maximum atomic E-state index is 12.6. The molecule has 1 aromatic carbocycles. The third-order valence-corrected chi connectivity index (χ3v) is 4.56. The van der Waals surface area contributed by atoms with E-state index in [9.17, 15) is 9.59 Å². The lowest BCUT2D eigenvalue weighted by Crippen LogP contribution is -2.23. The molecule has 0 aliphatic rings. The number of aryl methyl sites for hydroxylation is 1. The Morgan fingerprint density at radius 2 is 1.48 bits per heavy atom. The normalized spacial score (nSPS) is 12.1. The van der Waals surface area contributed by atoms with Gasteiger partial charge in [-0.2, -0.15) is 0 Å². The van der Waals surface area contributed by atoms with Gasteiger partial charge in [-0.15, -0.1) is 0 Å². The summed E-state index contributed by atoms with van der Waals surface area (Å²) in [5, 5.41) is 0. The summed E-state index contributed by atoms with van der Waals surface area (Å²) in [5.74, 6) is -0.462. The molecule has 1 atom stereocenters. The highest BCUT2D eigenvalue weighted by molar-refractivity contribution is 6.10. The Morgan fingerprint density at radius 3 is 2.04 bits per heavy atom. The molecule has 0 heterocycles. The van der Waals surface area contributed by atoms with Crippen LogP contribution in [-0.4, -0.2) is 11.6 Å². The van der Waals surface area contributed by atoms with Crippen LogP contribution in [0.2, 0.25) is 0 Å². The minimum absolute atomic E-state index is 0.00111. The van der Waals surface area contributed by atoms with Crippen LogP contribution in [0.1, 0.15) is 87.6 Å². The van der Waals surface area contributed by atoms with Crippen molar-refractivity contribution in [3.63, 3.8) is 0 Å². The fourth-order valence-corrected chi connectivity index (χ4v) is 3.04. The number of benzene rings is 1. The highest BCUT2D eigenvalue weighted by Crippen LogP contribution is 2.20.